The fraction of sp³-hybridized carbons (Fsp3) is 0.667. The molecule has 0 aliphatic heterocycles. The second-order valence-electron chi connectivity index (χ2n) is 2.99. The van der Waals surface area contributed by atoms with Gasteiger partial charge in [0, 0.05) is 24.2 Å². The summed E-state index contributed by atoms with van der Waals surface area (Å²) in [5.74, 6) is 0. The summed E-state index contributed by atoms with van der Waals surface area (Å²) >= 11 is 1.74. The largest absolute Gasteiger partial charge is 0.362 e. The lowest BCUT2D eigenvalue weighted by Gasteiger charge is -2.10. The van der Waals surface area contributed by atoms with E-state index in [1.807, 2.05) is 6.20 Å². The van der Waals surface area contributed by atoms with E-state index in [0.717, 1.165) is 24.8 Å². The van der Waals surface area contributed by atoms with Crippen molar-refractivity contribution >= 4 is 16.5 Å². The molecule has 74 valence electrons. The van der Waals surface area contributed by atoms with Gasteiger partial charge in [0.1, 0.15) is 0 Å². The van der Waals surface area contributed by atoms with Gasteiger partial charge in [0.25, 0.3) is 0 Å². The number of nitrogens with zero attached hydrogens (tertiary/aromatic N) is 2. The Morgan fingerprint density at radius 2 is 2.31 bits per heavy atom. The molecule has 0 amide bonds. The Labute approximate surface area is 83.8 Å². The van der Waals surface area contributed by atoms with Crippen molar-refractivity contribution in [3.8, 4) is 0 Å². The minimum absolute atomic E-state index is 0.941. The van der Waals surface area contributed by atoms with Crippen LogP contribution in [-0.2, 0) is 6.54 Å². The lowest BCUT2D eigenvalue weighted by molar-refractivity contribution is 0.348. The number of anilines is 1. The fourth-order valence-corrected chi connectivity index (χ4v) is 1.95. The zero-order valence-electron chi connectivity index (χ0n) is 8.50. The first-order valence-electron chi connectivity index (χ1n) is 4.63. The van der Waals surface area contributed by atoms with E-state index < -0.39 is 0 Å². The molecule has 0 bridgehead atoms. The fourth-order valence-electron chi connectivity index (χ4n) is 0.991. The van der Waals surface area contributed by atoms with Crippen LogP contribution in [0.15, 0.2) is 6.20 Å². The Balaban J connectivity index is 2.48. The molecule has 1 N–H and O–H groups in total. The standard InChI is InChI=1S/C9H17N3S/c1-4-10-9-11-6-8(13-9)7-12(3)5-2/h6H,4-5,7H2,1-3H3,(H,10,11). The summed E-state index contributed by atoms with van der Waals surface area (Å²) in [5.41, 5.74) is 0. The Hall–Kier alpha value is -0.610. The van der Waals surface area contributed by atoms with Gasteiger partial charge in [0.2, 0.25) is 0 Å². The molecule has 3 nitrogen and oxygen atoms in total. The maximum atomic E-state index is 4.27. The van der Waals surface area contributed by atoms with Crippen LogP contribution in [0.3, 0.4) is 0 Å². The summed E-state index contributed by atoms with van der Waals surface area (Å²) in [6.07, 6.45) is 1.95. The zero-order chi connectivity index (χ0) is 9.68. The van der Waals surface area contributed by atoms with Gasteiger partial charge in [0.05, 0.1) is 0 Å². The van der Waals surface area contributed by atoms with Gasteiger partial charge in [-0.1, -0.05) is 6.92 Å². The van der Waals surface area contributed by atoms with E-state index in [1.54, 1.807) is 11.3 Å². The van der Waals surface area contributed by atoms with Gasteiger partial charge in [-0.3, -0.25) is 0 Å². The van der Waals surface area contributed by atoms with Crippen molar-refractivity contribution < 1.29 is 0 Å². The van der Waals surface area contributed by atoms with Crippen molar-refractivity contribution in [2.24, 2.45) is 0 Å². The average molecular weight is 199 g/mol. The van der Waals surface area contributed by atoms with Crippen LogP contribution in [0.1, 0.15) is 18.7 Å². The molecule has 0 aliphatic rings. The van der Waals surface area contributed by atoms with E-state index in [4.69, 9.17) is 0 Å². The number of rotatable bonds is 5. The molecule has 0 aliphatic carbocycles. The minimum atomic E-state index is 0.941. The summed E-state index contributed by atoms with van der Waals surface area (Å²) in [4.78, 5) is 7.86. The molecule has 0 saturated carbocycles. The lowest BCUT2D eigenvalue weighted by Crippen LogP contribution is -2.15. The van der Waals surface area contributed by atoms with Crippen LogP contribution in [0.4, 0.5) is 5.13 Å². The maximum Gasteiger partial charge on any atom is 0.182 e. The minimum Gasteiger partial charge on any atom is -0.362 e. The predicted molar refractivity (Wildman–Crippen MR) is 58.3 cm³/mol. The molecule has 0 atom stereocenters. The predicted octanol–water partition coefficient (Wildman–Crippen LogP) is 2.03. The first-order chi connectivity index (χ1) is 6.26. The van der Waals surface area contributed by atoms with Gasteiger partial charge < -0.3 is 10.2 Å². The second kappa shape index (κ2) is 5.19. The van der Waals surface area contributed by atoms with Crippen LogP contribution in [0.25, 0.3) is 0 Å². The topological polar surface area (TPSA) is 28.2 Å². The molecule has 13 heavy (non-hydrogen) atoms. The number of hydrogen-bond donors (Lipinski definition) is 1. The molecule has 1 aromatic heterocycles. The van der Waals surface area contributed by atoms with Crippen LogP contribution in [0.5, 0.6) is 0 Å². The molecule has 0 fully saturated rings. The van der Waals surface area contributed by atoms with Crippen molar-refractivity contribution in [1.82, 2.24) is 9.88 Å². The van der Waals surface area contributed by atoms with Gasteiger partial charge in [-0.2, -0.15) is 0 Å². The third-order valence-electron chi connectivity index (χ3n) is 1.85. The van der Waals surface area contributed by atoms with E-state index in [0.29, 0.717) is 0 Å². The van der Waals surface area contributed by atoms with Crippen molar-refractivity contribution in [1.29, 1.82) is 0 Å². The van der Waals surface area contributed by atoms with Crippen LogP contribution in [0, 0.1) is 0 Å². The van der Waals surface area contributed by atoms with Crippen molar-refractivity contribution in [3.63, 3.8) is 0 Å². The van der Waals surface area contributed by atoms with Crippen LogP contribution in [0.2, 0.25) is 0 Å². The van der Waals surface area contributed by atoms with Gasteiger partial charge >= 0.3 is 0 Å². The molecular formula is C9H17N3S. The highest BCUT2D eigenvalue weighted by Crippen LogP contribution is 2.18. The Kier molecular flexibility index (Phi) is 4.18. The highest BCUT2D eigenvalue weighted by atomic mass is 32.1. The molecule has 0 radical (unpaired) electrons. The number of thiazole rings is 1. The SMILES string of the molecule is CCNc1ncc(CN(C)CC)s1. The Morgan fingerprint density at radius 3 is 2.92 bits per heavy atom. The quantitative estimate of drug-likeness (QED) is 0.786. The number of aromatic nitrogens is 1. The molecule has 1 rings (SSSR count). The summed E-state index contributed by atoms with van der Waals surface area (Å²) < 4.78 is 0. The smallest absolute Gasteiger partial charge is 0.182 e. The third kappa shape index (κ3) is 3.32. The summed E-state index contributed by atoms with van der Waals surface area (Å²) in [6.45, 7) is 7.26. The molecular weight excluding hydrogens is 182 g/mol. The van der Waals surface area contributed by atoms with E-state index in [1.165, 1.54) is 4.88 Å². The molecule has 0 unspecified atom stereocenters. The van der Waals surface area contributed by atoms with Crippen LogP contribution < -0.4 is 5.32 Å². The number of hydrogen-bond acceptors (Lipinski definition) is 4. The molecule has 0 saturated heterocycles. The van der Waals surface area contributed by atoms with Crippen molar-refractivity contribution in [3.05, 3.63) is 11.1 Å². The highest BCUT2D eigenvalue weighted by Gasteiger charge is 2.02. The molecule has 0 aromatic carbocycles. The van der Waals surface area contributed by atoms with Gasteiger partial charge in [-0.25, -0.2) is 4.98 Å². The van der Waals surface area contributed by atoms with Gasteiger partial charge in [-0.15, -0.1) is 11.3 Å². The normalized spacial score (nSPS) is 10.8. The summed E-state index contributed by atoms with van der Waals surface area (Å²) in [5, 5.41) is 4.24. The van der Waals surface area contributed by atoms with Crippen molar-refractivity contribution in [2.45, 2.75) is 20.4 Å². The first-order valence-corrected chi connectivity index (χ1v) is 5.45. The van der Waals surface area contributed by atoms with E-state index in [2.05, 4.69) is 36.1 Å². The van der Waals surface area contributed by atoms with Gasteiger partial charge in [-0.05, 0) is 20.5 Å². The molecule has 4 heteroatoms. The van der Waals surface area contributed by atoms with E-state index in [9.17, 15) is 0 Å². The molecule has 1 heterocycles. The second-order valence-corrected chi connectivity index (χ2v) is 4.11. The van der Waals surface area contributed by atoms with Crippen LogP contribution in [-0.4, -0.2) is 30.0 Å². The first kappa shape index (κ1) is 10.5. The number of nitrogens with one attached hydrogen (secondary N) is 1. The molecule has 1 aromatic rings. The summed E-state index contributed by atoms with van der Waals surface area (Å²) in [7, 11) is 2.12. The zero-order valence-corrected chi connectivity index (χ0v) is 9.32. The van der Waals surface area contributed by atoms with Crippen molar-refractivity contribution in [2.75, 3.05) is 25.5 Å². The summed E-state index contributed by atoms with van der Waals surface area (Å²) in [6, 6.07) is 0. The average Bonchev–Trinajstić information content (AvgIpc) is 2.53. The Bertz CT molecular complexity index is 247. The van der Waals surface area contributed by atoms with E-state index >= 15 is 0 Å². The Morgan fingerprint density at radius 1 is 1.54 bits per heavy atom. The highest BCUT2D eigenvalue weighted by molar-refractivity contribution is 7.15. The lowest BCUT2D eigenvalue weighted by atomic mass is 10.5. The molecule has 0 spiro atoms. The third-order valence-corrected chi connectivity index (χ3v) is 2.79. The maximum absolute atomic E-state index is 4.27. The monoisotopic (exact) mass is 199 g/mol. The van der Waals surface area contributed by atoms with Crippen LogP contribution >= 0.6 is 11.3 Å². The van der Waals surface area contributed by atoms with E-state index in [-0.39, 0.29) is 0 Å². The van der Waals surface area contributed by atoms with Gasteiger partial charge in [0.15, 0.2) is 5.13 Å².